The van der Waals surface area contributed by atoms with E-state index in [0.717, 1.165) is 0 Å². The number of anilines is 1. The van der Waals surface area contributed by atoms with Crippen LogP contribution >= 0.6 is 0 Å². The van der Waals surface area contributed by atoms with Crippen LogP contribution in [0.15, 0.2) is 18.2 Å². The predicted molar refractivity (Wildman–Crippen MR) is 67.7 cm³/mol. The highest BCUT2D eigenvalue weighted by Gasteiger charge is 2.14. The Morgan fingerprint density at radius 2 is 2.11 bits per heavy atom. The number of rotatable bonds is 6. The topological polar surface area (TPSA) is 92.7 Å². The first kappa shape index (κ1) is 14.3. The summed E-state index contributed by atoms with van der Waals surface area (Å²) in [4.78, 5) is 10.8. The molecule has 0 radical (unpaired) electrons. The Bertz CT molecular complexity index is 538. The maximum absolute atomic E-state index is 11.6. The second-order valence-electron chi connectivity index (χ2n) is 3.64. The molecular weight excluding hydrogens is 258 g/mol. The molecule has 6 nitrogen and oxygen atoms in total. The van der Waals surface area contributed by atoms with E-state index < -0.39 is 16.0 Å². The van der Waals surface area contributed by atoms with E-state index in [1.807, 2.05) is 0 Å². The van der Waals surface area contributed by atoms with Gasteiger partial charge < -0.3 is 9.84 Å². The average molecular weight is 273 g/mol. The largest absolute Gasteiger partial charge is 0.495 e. The molecule has 1 rings (SSSR count). The maximum Gasteiger partial charge on any atom is 0.335 e. The summed E-state index contributed by atoms with van der Waals surface area (Å²) in [6.45, 7) is 1.74. The Labute approximate surface area is 106 Å². The van der Waals surface area contributed by atoms with Crippen LogP contribution in [0, 0.1) is 0 Å². The molecule has 0 spiro atoms. The number of methoxy groups -OCH3 is 1. The van der Waals surface area contributed by atoms with E-state index in [1.165, 1.54) is 25.3 Å². The van der Waals surface area contributed by atoms with Crippen molar-refractivity contribution in [2.75, 3.05) is 17.6 Å². The predicted octanol–water partition coefficient (Wildman–Crippen LogP) is 1.55. The summed E-state index contributed by atoms with van der Waals surface area (Å²) < 4.78 is 30.6. The third-order valence-corrected chi connectivity index (χ3v) is 3.66. The lowest BCUT2D eigenvalue weighted by atomic mass is 10.2. The van der Waals surface area contributed by atoms with Crippen molar-refractivity contribution in [2.45, 2.75) is 13.3 Å². The Morgan fingerprint density at radius 1 is 1.44 bits per heavy atom. The molecule has 1 aromatic carbocycles. The van der Waals surface area contributed by atoms with Crippen molar-refractivity contribution < 1.29 is 23.1 Å². The van der Waals surface area contributed by atoms with E-state index in [1.54, 1.807) is 6.92 Å². The molecule has 0 unspecified atom stereocenters. The van der Waals surface area contributed by atoms with Crippen molar-refractivity contribution in [3.05, 3.63) is 23.8 Å². The number of ether oxygens (including phenoxy) is 1. The van der Waals surface area contributed by atoms with Gasteiger partial charge in [0.15, 0.2) is 0 Å². The number of carbonyl (C=O) groups is 1. The van der Waals surface area contributed by atoms with Gasteiger partial charge in [0.25, 0.3) is 0 Å². The lowest BCUT2D eigenvalue weighted by Crippen LogP contribution is -2.17. The van der Waals surface area contributed by atoms with Crippen LogP contribution in [0.25, 0.3) is 0 Å². The SMILES string of the molecule is CCCS(=O)(=O)Nc1cc(C(=O)O)ccc1OC. The molecule has 0 bridgehead atoms. The van der Waals surface area contributed by atoms with Crippen LogP contribution in [0.1, 0.15) is 23.7 Å². The maximum atomic E-state index is 11.6. The van der Waals surface area contributed by atoms with Crippen molar-refractivity contribution in [3.8, 4) is 5.75 Å². The monoisotopic (exact) mass is 273 g/mol. The lowest BCUT2D eigenvalue weighted by Gasteiger charge is -2.11. The molecule has 7 heteroatoms. The van der Waals surface area contributed by atoms with Crippen LogP contribution in [-0.4, -0.2) is 32.4 Å². The molecule has 0 saturated heterocycles. The fourth-order valence-electron chi connectivity index (χ4n) is 1.41. The average Bonchev–Trinajstić information content (AvgIpc) is 2.28. The van der Waals surface area contributed by atoms with Gasteiger partial charge in [0.2, 0.25) is 10.0 Å². The zero-order chi connectivity index (χ0) is 13.8. The molecule has 0 saturated carbocycles. The third-order valence-electron chi connectivity index (χ3n) is 2.18. The number of benzene rings is 1. The zero-order valence-electron chi connectivity index (χ0n) is 10.1. The molecule has 0 aliphatic heterocycles. The van der Waals surface area contributed by atoms with Gasteiger partial charge in [-0.05, 0) is 24.6 Å². The van der Waals surface area contributed by atoms with Gasteiger partial charge in [-0.25, -0.2) is 13.2 Å². The number of sulfonamides is 1. The zero-order valence-corrected chi connectivity index (χ0v) is 11.0. The van der Waals surface area contributed by atoms with Gasteiger partial charge in [-0.1, -0.05) is 6.92 Å². The summed E-state index contributed by atoms with van der Waals surface area (Å²) in [5.41, 5.74) is 0.121. The first-order valence-electron chi connectivity index (χ1n) is 5.31. The van der Waals surface area contributed by atoms with Crippen molar-refractivity contribution in [1.82, 2.24) is 0 Å². The Hall–Kier alpha value is -1.76. The molecule has 100 valence electrons. The van der Waals surface area contributed by atoms with E-state index in [0.29, 0.717) is 6.42 Å². The molecule has 0 atom stereocenters. The standard InChI is InChI=1S/C11H15NO5S/c1-3-6-18(15,16)12-9-7-8(11(13)14)4-5-10(9)17-2/h4-5,7,12H,3,6H2,1-2H3,(H,13,14). The summed E-state index contributed by atoms with van der Waals surface area (Å²) in [5, 5.41) is 8.86. The van der Waals surface area contributed by atoms with E-state index in [-0.39, 0.29) is 22.8 Å². The molecule has 0 aliphatic carbocycles. The first-order chi connectivity index (χ1) is 8.39. The molecule has 0 aromatic heterocycles. The molecule has 0 aliphatic rings. The highest BCUT2D eigenvalue weighted by molar-refractivity contribution is 7.92. The highest BCUT2D eigenvalue weighted by atomic mass is 32.2. The Kier molecular flexibility index (Phi) is 4.55. The molecule has 0 amide bonds. The Morgan fingerprint density at radius 3 is 2.61 bits per heavy atom. The minimum atomic E-state index is -3.48. The quantitative estimate of drug-likeness (QED) is 0.820. The first-order valence-corrected chi connectivity index (χ1v) is 6.96. The third kappa shape index (κ3) is 3.63. The van der Waals surface area contributed by atoms with Gasteiger partial charge >= 0.3 is 5.97 Å². The number of carboxylic acid groups (broad SMARTS) is 1. The van der Waals surface area contributed by atoms with Crippen LogP contribution in [-0.2, 0) is 10.0 Å². The lowest BCUT2D eigenvalue weighted by molar-refractivity contribution is 0.0697. The van der Waals surface area contributed by atoms with E-state index in [9.17, 15) is 13.2 Å². The number of nitrogens with one attached hydrogen (secondary N) is 1. The van der Waals surface area contributed by atoms with Gasteiger partial charge in [-0.2, -0.15) is 0 Å². The van der Waals surface area contributed by atoms with E-state index in [4.69, 9.17) is 9.84 Å². The molecular formula is C11H15NO5S. The van der Waals surface area contributed by atoms with Gasteiger partial charge in [-0.3, -0.25) is 4.72 Å². The van der Waals surface area contributed by atoms with Gasteiger partial charge in [0, 0.05) is 0 Å². The Balaban J connectivity index is 3.13. The van der Waals surface area contributed by atoms with Crippen molar-refractivity contribution >= 4 is 21.7 Å². The van der Waals surface area contributed by atoms with Crippen LogP contribution in [0.5, 0.6) is 5.75 Å². The van der Waals surface area contributed by atoms with E-state index in [2.05, 4.69) is 4.72 Å². The fraction of sp³-hybridized carbons (Fsp3) is 0.364. The van der Waals surface area contributed by atoms with Crippen molar-refractivity contribution in [2.24, 2.45) is 0 Å². The molecule has 0 heterocycles. The van der Waals surface area contributed by atoms with Crippen LogP contribution in [0.2, 0.25) is 0 Å². The number of carboxylic acids is 1. The number of hydrogen-bond acceptors (Lipinski definition) is 4. The highest BCUT2D eigenvalue weighted by Crippen LogP contribution is 2.26. The normalized spacial score (nSPS) is 11.0. The molecule has 0 fully saturated rings. The summed E-state index contributed by atoms with van der Waals surface area (Å²) in [5.74, 6) is -0.888. The van der Waals surface area contributed by atoms with Crippen molar-refractivity contribution in [3.63, 3.8) is 0 Å². The summed E-state index contributed by atoms with van der Waals surface area (Å²) in [6, 6.07) is 3.99. The van der Waals surface area contributed by atoms with Crippen LogP contribution < -0.4 is 9.46 Å². The summed E-state index contributed by atoms with van der Waals surface area (Å²) in [7, 11) is -2.10. The van der Waals surface area contributed by atoms with Gasteiger partial charge in [0.1, 0.15) is 5.75 Å². The molecule has 18 heavy (non-hydrogen) atoms. The minimum Gasteiger partial charge on any atom is -0.495 e. The molecule has 2 N–H and O–H groups in total. The fourth-order valence-corrected chi connectivity index (χ4v) is 2.54. The second-order valence-corrected chi connectivity index (χ2v) is 5.48. The number of hydrogen-bond donors (Lipinski definition) is 2. The summed E-state index contributed by atoms with van der Waals surface area (Å²) >= 11 is 0. The van der Waals surface area contributed by atoms with Gasteiger partial charge in [0.05, 0.1) is 24.1 Å². The van der Waals surface area contributed by atoms with Crippen LogP contribution in [0.3, 0.4) is 0 Å². The van der Waals surface area contributed by atoms with Crippen molar-refractivity contribution in [1.29, 1.82) is 0 Å². The smallest absolute Gasteiger partial charge is 0.335 e. The second kappa shape index (κ2) is 5.72. The van der Waals surface area contributed by atoms with Crippen LogP contribution in [0.4, 0.5) is 5.69 Å². The number of aromatic carboxylic acids is 1. The molecule has 1 aromatic rings. The minimum absolute atomic E-state index is 0.00926. The van der Waals surface area contributed by atoms with E-state index >= 15 is 0 Å². The van der Waals surface area contributed by atoms with Gasteiger partial charge in [-0.15, -0.1) is 0 Å². The summed E-state index contributed by atoms with van der Waals surface area (Å²) in [6.07, 6.45) is 0.469.